The first-order valence-corrected chi connectivity index (χ1v) is 24.3. The summed E-state index contributed by atoms with van der Waals surface area (Å²) in [7, 11) is -3.16. The van der Waals surface area contributed by atoms with Gasteiger partial charge < -0.3 is 28.1 Å². The second-order valence-electron chi connectivity index (χ2n) is 16.7. The van der Waals surface area contributed by atoms with Crippen molar-refractivity contribution in [3.8, 4) is 0 Å². The minimum absolute atomic E-state index is 0.358. The van der Waals surface area contributed by atoms with Crippen LogP contribution in [0.5, 0.6) is 0 Å². The normalized spacial score (nSPS) is 20.3. The molecule has 0 amide bonds. The number of nitrogens with zero attached hydrogens (tertiary/aromatic N) is 4. The molecule has 2 aliphatic heterocycles. The molecule has 16 heteroatoms. The van der Waals surface area contributed by atoms with Gasteiger partial charge >= 0.3 is 14.2 Å². The zero-order valence-corrected chi connectivity index (χ0v) is 34.1. The van der Waals surface area contributed by atoms with E-state index in [4.69, 9.17) is 51.3 Å². The topological polar surface area (TPSA) is 91.0 Å². The number of ether oxygens (including phenoxy) is 2. The summed E-state index contributed by atoms with van der Waals surface area (Å²) in [5.74, 6) is 0. The third-order valence-electron chi connectivity index (χ3n) is 8.96. The molecule has 0 radical (unpaired) electrons. The zero-order valence-electron chi connectivity index (χ0n) is 30.5. The third-order valence-corrected chi connectivity index (χ3v) is 12.8. The maximum atomic E-state index is 6.26. The Hall–Kier alpha value is -0.676. The molecule has 0 N–H and O–H groups in total. The largest absolute Gasteiger partial charge is 0.514 e. The predicted molar refractivity (Wildman–Crippen MR) is 194 cm³/mol. The van der Waals surface area contributed by atoms with Gasteiger partial charge in [0.05, 0.1) is 28.0 Å². The Bertz CT molecular complexity index is 1280. The van der Waals surface area contributed by atoms with Crippen LogP contribution in [0.3, 0.4) is 0 Å². The number of hydrogen-bond acceptors (Lipinski definition) is 8. The van der Waals surface area contributed by atoms with E-state index in [2.05, 4.69) is 49.5 Å². The molecule has 260 valence electrons. The van der Waals surface area contributed by atoms with E-state index in [9.17, 15) is 0 Å². The van der Waals surface area contributed by atoms with Crippen LogP contribution < -0.4 is 11.1 Å². The van der Waals surface area contributed by atoms with Gasteiger partial charge in [-0.1, -0.05) is 62.5 Å². The van der Waals surface area contributed by atoms with Crippen molar-refractivity contribution < 1.29 is 28.1 Å². The first kappa shape index (κ1) is 39.8. The first-order valence-electron chi connectivity index (χ1n) is 16.2. The lowest BCUT2D eigenvalue weighted by atomic mass is 9.82. The molecule has 2 aromatic heterocycles. The minimum atomic E-state index is -1.10. The molecule has 4 heterocycles. The Kier molecular flexibility index (Phi) is 12.7. The van der Waals surface area contributed by atoms with Crippen molar-refractivity contribution in [1.29, 1.82) is 0 Å². The van der Waals surface area contributed by atoms with Crippen molar-refractivity contribution in [1.82, 2.24) is 19.6 Å². The summed E-state index contributed by atoms with van der Waals surface area (Å²) in [4.78, 5) is 0. The van der Waals surface area contributed by atoms with Crippen LogP contribution in [-0.4, -0.2) is 85.6 Å². The van der Waals surface area contributed by atoms with Gasteiger partial charge in [-0.15, -0.1) is 0 Å². The fraction of sp³-hybridized carbons (Fsp3) is 0.800. The van der Waals surface area contributed by atoms with Crippen LogP contribution >= 0.6 is 23.2 Å². The van der Waals surface area contributed by atoms with Crippen molar-refractivity contribution >= 4 is 64.6 Å². The summed E-state index contributed by atoms with van der Waals surface area (Å²) in [6.07, 6.45) is 1.85. The maximum Gasteiger partial charge on any atom is 0.514 e. The summed E-state index contributed by atoms with van der Waals surface area (Å²) < 4.78 is 39.1. The quantitative estimate of drug-likeness (QED) is 0.187. The second-order valence-corrected chi connectivity index (χ2v) is 28.7. The van der Waals surface area contributed by atoms with E-state index in [1.165, 1.54) is 0 Å². The molecule has 0 atom stereocenters. The molecule has 4 rings (SSSR count). The van der Waals surface area contributed by atoms with Gasteiger partial charge in [-0.25, -0.2) is 9.36 Å². The summed E-state index contributed by atoms with van der Waals surface area (Å²) in [6.45, 7) is 32.4. The standard InChI is InChI=1S/2C15H28BClN2O3Si/c1-14(2)15(3,4)22-16(21-14)12-10-19(18-13(12)17)11-20-8-9-23(5,6)7;1-14(2)15(3,4)22-16(21-14)12-10-13(17)18-19(12)11-20-8-9-23(5,6)7/h2*10H,8-9,11H2,1-7H3. The Morgan fingerprint density at radius 1 is 0.696 bits per heavy atom. The Balaban J connectivity index is 0.000000250. The van der Waals surface area contributed by atoms with E-state index >= 15 is 0 Å². The average Bonchev–Trinajstić information content (AvgIpc) is 3.55. The van der Waals surface area contributed by atoms with Crippen LogP contribution in [0, 0.1) is 0 Å². The van der Waals surface area contributed by atoms with E-state index < -0.39 is 52.8 Å². The molecule has 0 saturated carbocycles. The van der Waals surface area contributed by atoms with Gasteiger partial charge in [-0.3, -0.25) is 0 Å². The van der Waals surface area contributed by atoms with Gasteiger partial charge in [0.2, 0.25) is 0 Å². The van der Waals surface area contributed by atoms with Gasteiger partial charge in [-0.05, 0) is 73.5 Å². The van der Waals surface area contributed by atoms with Crippen molar-refractivity contribution in [3.63, 3.8) is 0 Å². The van der Waals surface area contributed by atoms with E-state index in [-0.39, 0.29) is 0 Å². The number of halogens is 2. The van der Waals surface area contributed by atoms with Gasteiger partial charge in [-0.2, -0.15) is 10.2 Å². The Morgan fingerprint density at radius 3 is 1.59 bits per heavy atom. The molecular formula is C30H56B2Cl2N4O6Si2. The third kappa shape index (κ3) is 10.7. The van der Waals surface area contributed by atoms with Crippen molar-refractivity contribution in [2.45, 2.75) is 143 Å². The molecule has 0 bridgehead atoms. The minimum Gasteiger partial charge on any atom is -0.399 e. The monoisotopic (exact) mass is 716 g/mol. The summed E-state index contributed by atoms with van der Waals surface area (Å²) in [5, 5.41) is 9.41. The highest BCUT2D eigenvalue weighted by molar-refractivity contribution is 6.76. The lowest BCUT2D eigenvalue weighted by Gasteiger charge is -2.32. The van der Waals surface area contributed by atoms with Gasteiger partial charge in [0.15, 0.2) is 10.3 Å². The van der Waals surface area contributed by atoms with Crippen LogP contribution in [0.25, 0.3) is 0 Å². The fourth-order valence-electron chi connectivity index (χ4n) is 4.33. The lowest BCUT2D eigenvalue weighted by Crippen LogP contribution is -2.41. The molecular weight excluding hydrogens is 661 g/mol. The van der Waals surface area contributed by atoms with Crippen LogP contribution in [0.2, 0.25) is 61.7 Å². The molecule has 10 nitrogen and oxygen atoms in total. The molecule has 0 spiro atoms. The molecule has 2 fully saturated rings. The fourth-order valence-corrected chi connectivity index (χ4v) is 6.28. The summed E-state index contributed by atoms with van der Waals surface area (Å²) in [5.41, 5.74) is -0.0234. The van der Waals surface area contributed by atoms with Crippen molar-refractivity contribution in [3.05, 3.63) is 22.6 Å². The van der Waals surface area contributed by atoms with E-state index in [0.717, 1.165) is 36.4 Å². The second kappa shape index (κ2) is 14.7. The number of rotatable bonds is 12. The SMILES string of the molecule is CC1(C)OB(c2cc(Cl)nn2COCC[Si](C)(C)C)OC1(C)C.CC1(C)OB(c2cn(COCC[Si](C)(C)C)nc2Cl)OC1(C)C. The van der Waals surface area contributed by atoms with Crippen LogP contribution in [-0.2, 0) is 41.6 Å². The molecule has 2 saturated heterocycles. The van der Waals surface area contributed by atoms with E-state index in [1.807, 2.05) is 61.6 Å². The predicted octanol–water partition coefficient (Wildman–Crippen LogP) is 6.30. The average molecular weight is 718 g/mol. The highest BCUT2D eigenvalue weighted by atomic mass is 35.5. The van der Waals surface area contributed by atoms with Crippen LogP contribution in [0.15, 0.2) is 12.3 Å². The maximum absolute atomic E-state index is 6.26. The Labute approximate surface area is 289 Å². The van der Waals surface area contributed by atoms with E-state index in [1.54, 1.807) is 15.4 Å². The summed E-state index contributed by atoms with van der Waals surface area (Å²) >= 11 is 12.3. The van der Waals surface area contributed by atoms with Crippen LogP contribution in [0.1, 0.15) is 55.4 Å². The Morgan fingerprint density at radius 2 is 1.13 bits per heavy atom. The first-order chi connectivity index (χ1) is 20.8. The molecule has 0 aromatic carbocycles. The summed E-state index contributed by atoms with van der Waals surface area (Å²) in [6, 6.07) is 4.03. The van der Waals surface area contributed by atoms with Crippen molar-refractivity contribution in [2.75, 3.05) is 13.2 Å². The highest BCUT2D eigenvalue weighted by Crippen LogP contribution is 2.37. The number of hydrogen-bond donors (Lipinski definition) is 0. The van der Waals surface area contributed by atoms with Crippen LogP contribution in [0.4, 0.5) is 0 Å². The lowest BCUT2D eigenvalue weighted by molar-refractivity contribution is 0.00578. The number of aromatic nitrogens is 4. The zero-order chi connectivity index (χ0) is 34.9. The highest BCUT2D eigenvalue weighted by Gasteiger charge is 2.54. The molecule has 2 aliphatic rings. The molecule has 2 aromatic rings. The van der Waals surface area contributed by atoms with Crippen molar-refractivity contribution in [2.24, 2.45) is 0 Å². The van der Waals surface area contributed by atoms with Gasteiger partial charge in [0, 0.05) is 41.0 Å². The molecule has 46 heavy (non-hydrogen) atoms. The van der Waals surface area contributed by atoms with Gasteiger partial charge in [0.1, 0.15) is 13.5 Å². The molecule has 0 unspecified atom stereocenters. The van der Waals surface area contributed by atoms with Gasteiger partial charge in [0.25, 0.3) is 0 Å². The van der Waals surface area contributed by atoms with E-state index in [0.29, 0.717) is 23.8 Å². The molecule has 0 aliphatic carbocycles. The smallest absolute Gasteiger partial charge is 0.399 e.